The van der Waals surface area contributed by atoms with E-state index in [9.17, 15) is 19.3 Å². The van der Waals surface area contributed by atoms with Crippen molar-refractivity contribution < 1.29 is 19.2 Å². The molecule has 86 valence electrons. The molecule has 6 nitrogen and oxygen atoms in total. The average Bonchev–Trinajstić information content (AvgIpc) is 2.16. The fraction of sp³-hybridized carbons (Fsp3) is 0.222. The van der Waals surface area contributed by atoms with Crippen molar-refractivity contribution in [2.75, 3.05) is 5.32 Å². The van der Waals surface area contributed by atoms with E-state index in [1.54, 1.807) is 0 Å². The third kappa shape index (κ3) is 2.44. The summed E-state index contributed by atoms with van der Waals surface area (Å²) in [7, 11) is 0. The van der Waals surface area contributed by atoms with Gasteiger partial charge in [0.05, 0.1) is 4.92 Å². The van der Waals surface area contributed by atoms with Crippen LogP contribution in [0.15, 0.2) is 18.2 Å². The zero-order valence-electron chi connectivity index (χ0n) is 8.31. The SMILES string of the molecule is CC(Nc1cccc(F)c1[N+](=O)[O-])C(=O)O. The van der Waals surface area contributed by atoms with Gasteiger partial charge in [0.15, 0.2) is 0 Å². The predicted molar refractivity (Wildman–Crippen MR) is 53.8 cm³/mol. The van der Waals surface area contributed by atoms with Gasteiger partial charge in [-0.1, -0.05) is 6.07 Å². The van der Waals surface area contributed by atoms with Crippen molar-refractivity contribution >= 4 is 17.3 Å². The third-order valence-corrected chi connectivity index (χ3v) is 1.91. The summed E-state index contributed by atoms with van der Waals surface area (Å²) in [5.74, 6) is -2.19. The Balaban J connectivity index is 3.09. The first kappa shape index (κ1) is 11.9. The van der Waals surface area contributed by atoms with Gasteiger partial charge in [0.25, 0.3) is 0 Å². The van der Waals surface area contributed by atoms with Gasteiger partial charge in [0.1, 0.15) is 11.7 Å². The molecule has 1 rings (SSSR count). The molecule has 0 heterocycles. The molecular formula is C9H9FN2O4. The molecule has 0 saturated carbocycles. The molecule has 0 saturated heterocycles. The zero-order valence-corrected chi connectivity index (χ0v) is 8.31. The van der Waals surface area contributed by atoms with Crippen LogP contribution in [0.4, 0.5) is 15.8 Å². The van der Waals surface area contributed by atoms with E-state index in [4.69, 9.17) is 5.11 Å². The smallest absolute Gasteiger partial charge is 0.327 e. The topological polar surface area (TPSA) is 92.5 Å². The highest BCUT2D eigenvalue weighted by atomic mass is 19.1. The number of carbonyl (C=O) groups is 1. The number of para-hydroxylation sites is 1. The fourth-order valence-electron chi connectivity index (χ4n) is 1.11. The van der Waals surface area contributed by atoms with E-state index in [1.807, 2.05) is 0 Å². The Labute approximate surface area is 89.9 Å². The molecule has 16 heavy (non-hydrogen) atoms. The van der Waals surface area contributed by atoms with Crippen LogP contribution in [0.25, 0.3) is 0 Å². The second-order valence-corrected chi connectivity index (χ2v) is 3.10. The quantitative estimate of drug-likeness (QED) is 0.603. The lowest BCUT2D eigenvalue weighted by molar-refractivity contribution is -0.386. The number of nitro groups is 1. The normalized spacial score (nSPS) is 11.9. The van der Waals surface area contributed by atoms with Gasteiger partial charge in [-0.15, -0.1) is 0 Å². The standard InChI is InChI=1S/C9H9FN2O4/c1-5(9(13)14)11-7-4-2-3-6(10)8(7)12(15)16/h2-5,11H,1H3,(H,13,14). The second-order valence-electron chi connectivity index (χ2n) is 3.10. The lowest BCUT2D eigenvalue weighted by Crippen LogP contribution is -2.25. The summed E-state index contributed by atoms with van der Waals surface area (Å²) in [6.45, 7) is 1.30. The summed E-state index contributed by atoms with van der Waals surface area (Å²) in [4.78, 5) is 20.2. The number of hydrogen-bond donors (Lipinski definition) is 2. The van der Waals surface area contributed by atoms with Gasteiger partial charge in [-0.3, -0.25) is 14.9 Å². The van der Waals surface area contributed by atoms with E-state index in [1.165, 1.54) is 19.1 Å². The molecule has 2 N–H and O–H groups in total. The van der Waals surface area contributed by atoms with Crippen molar-refractivity contribution in [2.24, 2.45) is 0 Å². The van der Waals surface area contributed by atoms with Crippen molar-refractivity contribution in [1.29, 1.82) is 0 Å². The molecular weight excluding hydrogens is 219 g/mol. The summed E-state index contributed by atoms with van der Waals surface area (Å²) in [6, 6.07) is 2.41. The Morgan fingerprint density at radius 3 is 2.75 bits per heavy atom. The monoisotopic (exact) mass is 228 g/mol. The first-order valence-electron chi connectivity index (χ1n) is 4.35. The van der Waals surface area contributed by atoms with Gasteiger partial charge in [-0.25, -0.2) is 0 Å². The molecule has 7 heteroatoms. The van der Waals surface area contributed by atoms with Crippen LogP contribution in [0.2, 0.25) is 0 Å². The second kappa shape index (κ2) is 4.56. The Bertz CT molecular complexity index is 436. The first-order chi connectivity index (χ1) is 7.43. The van der Waals surface area contributed by atoms with Crippen molar-refractivity contribution in [3.8, 4) is 0 Å². The highest BCUT2D eigenvalue weighted by Gasteiger charge is 2.22. The molecule has 1 unspecified atom stereocenters. The molecule has 0 amide bonds. The number of nitrogens with zero attached hydrogens (tertiary/aromatic N) is 1. The number of nitrogens with one attached hydrogen (secondary N) is 1. The Morgan fingerprint density at radius 1 is 1.62 bits per heavy atom. The minimum Gasteiger partial charge on any atom is -0.480 e. The number of carboxylic acid groups (broad SMARTS) is 1. The Morgan fingerprint density at radius 2 is 2.25 bits per heavy atom. The number of halogens is 1. The van der Waals surface area contributed by atoms with Gasteiger partial charge in [-0.2, -0.15) is 4.39 Å². The Kier molecular flexibility index (Phi) is 3.39. The summed E-state index contributed by atoms with van der Waals surface area (Å²) < 4.78 is 13.1. The number of carboxylic acids is 1. The summed E-state index contributed by atoms with van der Waals surface area (Å²) in [5, 5.41) is 21.5. The third-order valence-electron chi connectivity index (χ3n) is 1.91. The molecule has 1 atom stereocenters. The number of hydrogen-bond acceptors (Lipinski definition) is 4. The van der Waals surface area contributed by atoms with E-state index < -0.39 is 28.4 Å². The minimum absolute atomic E-state index is 0.153. The van der Waals surface area contributed by atoms with Crippen molar-refractivity contribution in [1.82, 2.24) is 0 Å². The molecule has 0 fully saturated rings. The van der Waals surface area contributed by atoms with E-state index in [0.29, 0.717) is 0 Å². The van der Waals surface area contributed by atoms with Gasteiger partial charge in [0.2, 0.25) is 5.82 Å². The number of rotatable bonds is 4. The highest BCUT2D eigenvalue weighted by molar-refractivity contribution is 5.78. The molecule has 0 aliphatic rings. The predicted octanol–water partition coefficient (Wildman–Crippen LogP) is 1.62. The average molecular weight is 228 g/mol. The van der Waals surface area contributed by atoms with Crippen LogP contribution < -0.4 is 5.32 Å². The minimum atomic E-state index is -1.18. The van der Waals surface area contributed by atoms with Crippen LogP contribution in [0, 0.1) is 15.9 Å². The van der Waals surface area contributed by atoms with Crippen LogP contribution in [0.3, 0.4) is 0 Å². The lowest BCUT2D eigenvalue weighted by atomic mass is 10.2. The van der Waals surface area contributed by atoms with Gasteiger partial charge in [0, 0.05) is 0 Å². The molecule has 0 radical (unpaired) electrons. The highest BCUT2D eigenvalue weighted by Crippen LogP contribution is 2.27. The van der Waals surface area contributed by atoms with Crippen molar-refractivity contribution in [3.63, 3.8) is 0 Å². The van der Waals surface area contributed by atoms with Crippen molar-refractivity contribution in [3.05, 3.63) is 34.1 Å². The van der Waals surface area contributed by atoms with E-state index >= 15 is 0 Å². The number of nitro benzene ring substituents is 1. The largest absolute Gasteiger partial charge is 0.480 e. The maximum atomic E-state index is 13.1. The fourth-order valence-corrected chi connectivity index (χ4v) is 1.11. The Hall–Kier alpha value is -2.18. The number of anilines is 1. The van der Waals surface area contributed by atoms with E-state index in [0.717, 1.165) is 6.07 Å². The van der Waals surface area contributed by atoms with Crippen LogP contribution in [-0.4, -0.2) is 22.0 Å². The molecule has 1 aromatic rings. The van der Waals surface area contributed by atoms with Gasteiger partial charge in [-0.05, 0) is 19.1 Å². The molecule has 0 spiro atoms. The summed E-state index contributed by atoms with van der Waals surface area (Å²) >= 11 is 0. The summed E-state index contributed by atoms with van der Waals surface area (Å²) in [5.41, 5.74) is -0.907. The molecule has 0 aromatic heterocycles. The summed E-state index contributed by atoms with van der Waals surface area (Å²) in [6.07, 6.45) is 0. The van der Waals surface area contributed by atoms with E-state index in [2.05, 4.69) is 5.32 Å². The van der Waals surface area contributed by atoms with Crippen LogP contribution >= 0.6 is 0 Å². The molecule has 0 aliphatic heterocycles. The zero-order chi connectivity index (χ0) is 12.3. The number of aliphatic carboxylic acids is 1. The van der Waals surface area contributed by atoms with E-state index in [-0.39, 0.29) is 5.69 Å². The molecule has 0 aliphatic carbocycles. The van der Waals surface area contributed by atoms with Gasteiger partial charge < -0.3 is 10.4 Å². The van der Waals surface area contributed by atoms with Crippen LogP contribution in [-0.2, 0) is 4.79 Å². The first-order valence-corrected chi connectivity index (χ1v) is 4.35. The lowest BCUT2D eigenvalue weighted by Gasteiger charge is -2.10. The van der Waals surface area contributed by atoms with Crippen LogP contribution in [0.5, 0.6) is 0 Å². The molecule has 0 bridgehead atoms. The number of benzene rings is 1. The van der Waals surface area contributed by atoms with Crippen molar-refractivity contribution in [2.45, 2.75) is 13.0 Å². The van der Waals surface area contributed by atoms with Crippen LogP contribution in [0.1, 0.15) is 6.92 Å². The molecule has 1 aromatic carbocycles. The maximum absolute atomic E-state index is 13.1. The maximum Gasteiger partial charge on any atom is 0.327 e. The van der Waals surface area contributed by atoms with Gasteiger partial charge >= 0.3 is 11.7 Å².